The smallest absolute Gasteiger partial charge is 0.253 e. The fraction of sp³-hybridized carbons (Fsp3) is 0.462. The molecule has 0 spiro atoms. The highest BCUT2D eigenvalue weighted by Crippen LogP contribution is 2.24. The average Bonchev–Trinajstić information content (AvgIpc) is 2.31. The number of nitrogens with zero attached hydrogens (tertiary/aromatic N) is 2. The average molecular weight is 315 g/mol. The Morgan fingerprint density at radius 2 is 1.94 bits per heavy atom. The Hall–Kier alpha value is -1.07. The summed E-state index contributed by atoms with van der Waals surface area (Å²) in [6, 6.07) is 4.86. The molecule has 18 heavy (non-hydrogen) atoms. The van der Waals surface area contributed by atoms with Crippen LogP contribution in [0.1, 0.15) is 16.8 Å². The molecule has 0 aromatic heterocycles. The highest BCUT2D eigenvalue weighted by Gasteiger charge is 2.12. The van der Waals surface area contributed by atoms with Crippen LogP contribution >= 0.6 is 15.9 Å². The number of benzene rings is 1. The lowest BCUT2D eigenvalue weighted by molar-refractivity contribution is 0.0790. The normalized spacial score (nSPS) is 10.7. The Morgan fingerprint density at radius 1 is 1.28 bits per heavy atom. The summed E-state index contributed by atoms with van der Waals surface area (Å²) < 4.78 is 0.592. The minimum atomic E-state index is -0.0726. The van der Waals surface area contributed by atoms with Gasteiger partial charge >= 0.3 is 0 Å². The van der Waals surface area contributed by atoms with Crippen molar-refractivity contribution in [3.8, 4) is 5.75 Å². The Balaban J connectivity index is 2.60. The molecule has 0 bridgehead atoms. The Kier molecular flexibility index (Phi) is 5.62. The molecular weight excluding hydrogens is 296 g/mol. The Morgan fingerprint density at radius 3 is 2.50 bits per heavy atom. The predicted octanol–water partition coefficient (Wildman–Crippen LogP) is 2.18. The molecule has 0 saturated heterocycles. The summed E-state index contributed by atoms with van der Waals surface area (Å²) in [4.78, 5) is 15.8. The molecule has 0 aliphatic heterocycles. The zero-order chi connectivity index (χ0) is 13.7. The molecule has 1 amide bonds. The summed E-state index contributed by atoms with van der Waals surface area (Å²) >= 11 is 3.19. The van der Waals surface area contributed by atoms with Crippen LogP contribution in [-0.4, -0.2) is 55.0 Å². The topological polar surface area (TPSA) is 43.8 Å². The monoisotopic (exact) mass is 314 g/mol. The van der Waals surface area contributed by atoms with Gasteiger partial charge in [0.1, 0.15) is 5.75 Å². The molecule has 0 aliphatic rings. The fourth-order valence-electron chi connectivity index (χ4n) is 1.59. The van der Waals surface area contributed by atoms with Gasteiger partial charge in [-0.15, -0.1) is 0 Å². The minimum absolute atomic E-state index is 0.0726. The number of amides is 1. The third kappa shape index (κ3) is 4.31. The van der Waals surface area contributed by atoms with E-state index < -0.39 is 0 Å². The molecule has 0 atom stereocenters. The van der Waals surface area contributed by atoms with Crippen molar-refractivity contribution in [2.75, 3.05) is 34.2 Å². The zero-order valence-electron chi connectivity index (χ0n) is 11.0. The van der Waals surface area contributed by atoms with Crippen molar-refractivity contribution in [3.05, 3.63) is 28.2 Å². The SMILES string of the molecule is CN(C)CCCN(C)C(=O)c1ccc(Br)c(O)c1. The van der Waals surface area contributed by atoms with E-state index >= 15 is 0 Å². The van der Waals surface area contributed by atoms with Crippen molar-refractivity contribution in [1.29, 1.82) is 0 Å². The number of phenolic OH excluding ortho intramolecular Hbond substituents is 1. The molecule has 1 rings (SSSR count). The lowest BCUT2D eigenvalue weighted by Gasteiger charge is -2.18. The summed E-state index contributed by atoms with van der Waals surface area (Å²) in [6.07, 6.45) is 0.928. The number of hydrogen-bond donors (Lipinski definition) is 1. The molecule has 0 unspecified atom stereocenters. The Bertz CT molecular complexity index is 421. The number of carbonyl (C=O) groups excluding carboxylic acids is 1. The van der Waals surface area contributed by atoms with Crippen molar-refractivity contribution in [3.63, 3.8) is 0 Å². The van der Waals surface area contributed by atoms with E-state index in [2.05, 4.69) is 20.8 Å². The van der Waals surface area contributed by atoms with E-state index in [1.165, 1.54) is 6.07 Å². The van der Waals surface area contributed by atoms with Crippen molar-refractivity contribution >= 4 is 21.8 Å². The first-order valence-electron chi connectivity index (χ1n) is 5.80. The molecule has 1 N–H and O–H groups in total. The van der Waals surface area contributed by atoms with Crippen LogP contribution in [-0.2, 0) is 0 Å². The van der Waals surface area contributed by atoms with Gasteiger partial charge in [0.05, 0.1) is 4.47 Å². The van der Waals surface area contributed by atoms with Gasteiger partial charge in [-0.2, -0.15) is 0 Å². The third-order valence-corrected chi connectivity index (χ3v) is 3.31. The zero-order valence-corrected chi connectivity index (χ0v) is 12.6. The van der Waals surface area contributed by atoms with Crippen LogP contribution in [0.3, 0.4) is 0 Å². The van der Waals surface area contributed by atoms with Crippen molar-refractivity contribution < 1.29 is 9.90 Å². The second-order valence-electron chi connectivity index (χ2n) is 4.55. The van der Waals surface area contributed by atoms with Gasteiger partial charge in [-0.05, 0) is 61.2 Å². The fourth-order valence-corrected chi connectivity index (χ4v) is 1.84. The lowest BCUT2D eigenvalue weighted by atomic mass is 10.2. The van der Waals surface area contributed by atoms with Gasteiger partial charge in [0.25, 0.3) is 5.91 Å². The van der Waals surface area contributed by atoms with Gasteiger partial charge in [0.2, 0.25) is 0 Å². The summed E-state index contributed by atoms with van der Waals surface area (Å²) in [5.41, 5.74) is 0.503. The molecule has 0 aliphatic carbocycles. The largest absolute Gasteiger partial charge is 0.507 e. The molecular formula is C13H19BrN2O2. The highest BCUT2D eigenvalue weighted by atomic mass is 79.9. The van der Waals surface area contributed by atoms with E-state index in [-0.39, 0.29) is 11.7 Å². The molecule has 0 saturated carbocycles. The summed E-state index contributed by atoms with van der Waals surface area (Å²) in [5, 5.41) is 9.56. The maximum absolute atomic E-state index is 12.1. The number of carbonyl (C=O) groups is 1. The quantitative estimate of drug-likeness (QED) is 0.906. The standard InChI is InChI=1S/C13H19BrN2O2/c1-15(2)7-4-8-16(3)13(18)10-5-6-11(14)12(17)9-10/h5-6,9,17H,4,7-8H2,1-3H3. The van der Waals surface area contributed by atoms with Crippen molar-refractivity contribution in [2.45, 2.75) is 6.42 Å². The first-order chi connectivity index (χ1) is 8.41. The maximum atomic E-state index is 12.1. The van der Waals surface area contributed by atoms with E-state index in [1.54, 1.807) is 24.1 Å². The van der Waals surface area contributed by atoms with Gasteiger partial charge in [0, 0.05) is 19.2 Å². The van der Waals surface area contributed by atoms with Gasteiger partial charge in [-0.3, -0.25) is 4.79 Å². The van der Waals surface area contributed by atoms with Crippen molar-refractivity contribution in [1.82, 2.24) is 9.80 Å². The van der Waals surface area contributed by atoms with Crippen LogP contribution in [0.25, 0.3) is 0 Å². The molecule has 100 valence electrons. The van der Waals surface area contributed by atoms with E-state index in [1.807, 2.05) is 14.1 Å². The summed E-state index contributed by atoms with van der Waals surface area (Å²) in [5.74, 6) is 0.0131. The van der Waals surface area contributed by atoms with Crippen LogP contribution in [0.4, 0.5) is 0 Å². The number of hydrogen-bond acceptors (Lipinski definition) is 3. The molecule has 4 nitrogen and oxygen atoms in total. The lowest BCUT2D eigenvalue weighted by Crippen LogP contribution is -2.29. The predicted molar refractivity (Wildman–Crippen MR) is 75.9 cm³/mol. The number of rotatable bonds is 5. The van der Waals surface area contributed by atoms with E-state index in [9.17, 15) is 9.90 Å². The molecule has 5 heteroatoms. The van der Waals surface area contributed by atoms with Crippen LogP contribution in [0.2, 0.25) is 0 Å². The molecule has 1 aromatic rings. The van der Waals surface area contributed by atoms with Crippen molar-refractivity contribution in [2.24, 2.45) is 0 Å². The number of phenols is 1. The second kappa shape index (κ2) is 6.75. The number of aromatic hydroxyl groups is 1. The minimum Gasteiger partial charge on any atom is -0.507 e. The van der Waals surface area contributed by atoms with Crippen LogP contribution in [0.15, 0.2) is 22.7 Å². The van der Waals surface area contributed by atoms with Gasteiger partial charge in [-0.25, -0.2) is 0 Å². The maximum Gasteiger partial charge on any atom is 0.253 e. The van der Waals surface area contributed by atoms with Crippen LogP contribution in [0.5, 0.6) is 5.75 Å². The molecule has 0 radical (unpaired) electrons. The Labute approximate surface area is 116 Å². The summed E-state index contributed by atoms with van der Waals surface area (Å²) in [7, 11) is 5.79. The second-order valence-corrected chi connectivity index (χ2v) is 5.40. The molecule has 1 aromatic carbocycles. The first-order valence-corrected chi connectivity index (χ1v) is 6.60. The van der Waals surface area contributed by atoms with Crippen LogP contribution < -0.4 is 0 Å². The van der Waals surface area contributed by atoms with Crippen LogP contribution in [0, 0.1) is 0 Å². The van der Waals surface area contributed by atoms with E-state index in [4.69, 9.17) is 0 Å². The molecule has 0 heterocycles. The van der Waals surface area contributed by atoms with E-state index in [0.717, 1.165) is 13.0 Å². The van der Waals surface area contributed by atoms with Gasteiger partial charge in [0.15, 0.2) is 0 Å². The third-order valence-electron chi connectivity index (χ3n) is 2.64. The number of halogens is 1. The highest BCUT2D eigenvalue weighted by molar-refractivity contribution is 9.10. The van der Waals surface area contributed by atoms with Gasteiger partial charge < -0.3 is 14.9 Å². The molecule has 0 fully saturated rings. The first kappa shape index (κ1) is 15.0. The van der Waals surface area contributed by atoms with Gasteiger partial charge in [-0.1, -0.05) is 0 Å². The van der Waals surface area contributed by atoms with E-state index in [0.29, 0.717) is 16.6 Å². The summed E-state index contributed by atoms with van der Waals surface area (Å²) in [6.45, 7) is 1.65.